The summed E-state index contributed by atoms with van der Waals surface area (Å²) < 4.78 is 13.8. The third kappa shape index (κ3) is 5.42. The zero-order chi connectivity index (χ0) is 10.5. The Bertz CT molecular complexity index is 152. The summed E-state index contributed by atoms with van der Waals surface area (Å²) in [5, 5.41) is 0. The maximum atomic E-state index is 9.51. The molecule has 0 aliphatic heterocycles. The first-order chi connectivity index (χ1) is 5.89. The minimum atomic E-state index is -4.23. The van der Waals surface area contributed by atoms with Crippen LogP contribution in [0.25, 0.3) is 0 Å². The van der Waals surface area contributed by atoms with Crippen LogP contribution in [0.4, 0.5) is 0 Å². The number of hydrogen-bond acceptors (Lipinski definition) is 7. The van der Waals surface area contributed by atoms with Gasteiger partial charge in [-0.25, -0.2) is 0 Å². The van der Waals surface area contributed by atoms with Crippen molar-refractivity contribution in [2.24, 2.45) is 0 Å². The van der Waals surface area contributed by atoms with Crippen LogP contribution in [-0.2, 0) is 12.8 Å². The molecular formula is C4H16O6P2S. The third-order valence-corrected chi connectivity index (χ3v) is 6.66. The van der Waals surface area contributed by atoms with Crippen LogP contribution < -0.4 is 0 Å². The van der Waals surface area contributed by atoms with Crippen LogP contribution >= 0.6 is 28.2 Å². The Balaban J connectivity index is 4.21. The SMILES string of the molecule is CC[PH](O)(OC)O[PH](O)(O)OSC. The molecule has 0 saturated carbocycles. The van der Waals surface area contributed by atoms with Gasteiger partial charge in [0, 0.05) is 0 Å². The predicted molar refractivity (Wildman–Crippen MR) is 56.5 cm³/mol. The van der Waals surface area contributed by atoms with E-state index in [9.17, 15) is 4.89 Å². The van der Waals surface area contributed by atoms with Crippen LogP contribution in [0.3, 0.4) is 0 Å². The standard InChI is InChI=1S/C4H16O6P2S/c1-4-11(5,8-2)9-12(6,7)10-13-3/h5-7,11-12H,4H2,1-3H3. The van der Waals surface area contributed by atoms with Gasteiger partial charge in [0.1, 0.15) is 0 Å². The van der Waals surface area contributed by atoms with Crippen LogP contribution in [0.2, 0.25) is 0 Å². The van der Waals surface area contributed by atoms with E-state index in [1.54, 1.807) is 6.92 Å². The Morgan fingerprint density at radius 2 is 1.85 bits per heavy atom. The molecule has 0 amide bonds. The van der Waals surface area contributed by atoms with Crippen LogP contribution in [-0.4, -0.2) is 34.2 Å². The molecule has 0 aliphatic rings. The summed E-state index contributed by atoms with van der Waals surface area (Å²) in [6.07, 6.45) is 1.70. The fourth-order valence-corrected chi connectivity index (χ4v) is 4.76. The summed E-state index contributed by atoms with van der Waals surface area (Å²) >= 11 is 0.763. The molecular weight excluding hydrogens is 238 g/mol. The van der Waals surface area contributed by atoms with E-state index in [4.69, 9.17) is 9.79 Å². The molecule has 0 aromatic carbocycles. The summed E-state index contributed by atoms with van der Waals surface area (Å²) in [6, 6.07) is 0. The average molecular weight is 254 g/mol. The molecule has 0 aromatic heterocycles. The van der Waals surface area contributed by atoms with Gasteiger partial charge < -0.3 is 0 Å². The van der Waals surface area contributed by atoms with Gasteiger partial charge in [0.05, 0.1) is 0 Å². The van der Waals surface area contributed by atoms with Crippen molar-refractivity contribution in [1.29, 1.82) is 0 Å². The van der Waals surface area contributed by atoms with Crippen LogP contribution in [0, 0.1) is 0 Å². The topological polar surface area (TPSA) is 88.4 Å². The van der Waals surface area contributed by atoms with Crippen LogP contribution in [0.15, 0.2) is 0 Å². The molecule has 0 unspecified atom stereocenters. The third-order valence-electron chi connectivity index (χ3n) is 1.25. The molecule has 0 atom stereocenters. The van der Waals surface area contributed by atoms with E-state index in [2.05, 4.69) is 12.8 Å². The van der Waals surface area contributed by atoms with Gasteiger partial charge in [-0.1, -0.05) is 0 Å². The molecule has 3 N–H and O–H groups in total. The summed E-state index contributed by atoms with van der Waals surface area (Å²) in [4.78, 5) is 27.8. The molecule has 0 fully saturated rings. The van der Waals surface area contributed by atoms with E-state index in [1.165, 1.54) is 13.4 Å². The summed E-state index contributed by atoms with van der Waals surface area (Å²) in [5.41, 5.74) is 0. The quantitative estimate of drug-likeness (QED) is 0.478. The molecule has 84 valence electrons. The van der Waals surface area contributed by atoms with Gasteiger partial charge >= 0.3 is 82.1 Å². The molecule has 0 spiro atoms. The number of hydrogen-bond donors (Lipinski definition) is 3. The predicted octanol–water partition coefficient (Wildman–Crippen LogP) is 0.846. The monoisotopic (exact) mass is 254 g/mol. The number of rotatable bonds is 6. The Hall–Kier alpha value is 0.970. The second kappa shape index (κ2) is 5.75. The van der Waals surface area contributed by atoms with E-state index in [1.807, 2.05) is 0 Å². The second-order valence-corrected chi connectivity index (χ2v) is 7.63. The zero-order valence-electron chi connectivity index (χ0n) is 7.68. The van der Waals surface area contributed by atoms with Crippen molar-refractivity contribution < 1.29 is 27.5 Å². The molecule has 6 nitrogen and oxygen atoms in total. The van der Waals surface area contributed by atoms with Gasteiger partial charge in [0.2, 0.25) is 0 Å². The first-order valence-electron chi connectivity index (χ1n) is 3.53. The molecule has 0 aromatic rings. The minimum absolute atomic E-state index is 0.192. The van der Waals surface area contributed by atoms with Crippen molar-refractivity contribution in [2.45, 2.75) is 6.92 Å². The maximum absolute atomic E-state index is 9.51. The van der Waals surface area contributed by atoms with Crippen molar-refractivity contribution in [3.05, 3.63) is 0 Å². The zero-order valence-corrected chi connectivity index (χ0v) is 10.5. The van der Waals surface area contributed by atoms with E-state index in [-0.39, 0.29) is 6.16 Å². The summed E-state index contributed by atoms with van der Waals surface area (Å²) in [6.45, 7) is 1.62. The molecule has 0 saturated heterocycles. The fourth-order valence-electron chi connectivity index (χ4n) is 0.591. The molecule has 0 rings (SSSR count). The first kappa shape index (κ1) is 14.0. The van der Waals surface area contributed by atoms with Crippen LogP contribution in [0.1, 0.15) is 6.92 Å². The normalized spacial score (nSPS) is 15.8. The summed E-state index contributed by atoms with van der Waals surface area (Å²) in [7, 11) is -6.43. The molecule has 0 heterocycles. The van der Waals surface area contributed by atoms with Gasteiger partial charge in [0.25, 0.3) is 0 Å². The molecule has 13 heavy (non-hydrogen) atoms. The van der Waals surface area contributed by atoms with Crippen molar-refractivity contribution in [2.75, 3.05) is 19.5 Å². The van der Waals surface area contributed by atoms with E-state index < -0.39 is 16.1 Å². The van der Waals surface area contributed by atoms with Gasteiger partial charge in [-0.15, -0.1) is 0 Å². The van der Waals surface area contributed by atoms with Gasteiger partial charge in [0.15, 0.2) is 0 Å². The Kier molecular flexibility index (Phi) is 6.18. The van der Waals surface area contributed by atoms with E-state index >= 15 is 0 Å². The Morgan fingerprint density at radius 3 is 2.15 bits per heavy atom. The summed E-state index contributed by atoms with van der Waals surface area (Å²) in [5.74, 6) is 0. The van der Waals surface area contributed by atoms with Gasteiger partial charge in [-0.05, 0) is 0 Å². The molecule has 0 aliphatic carbocycles. The fraction of sp³-hybridized carbons (Fsp3) is 1.00. The van der Waals surface area contributed by atoms with Crippen molar-refractivity contribution >= 4 is 28.2 Å². The second-order valence-electron chi connectivity index (χ2n) is 2.17. The Labute approximate surface area is 82.7 Å². The van der Waals surface area contributed by atoms with Gasteiger partial charge in [-0.3, -0.25) is 0 Å². The van der Waals surface area contributed by atoms with E-state index in [0.717, 1.165) is 12.0 Å². The van der Waals surface area contributed by atoms with E-state index in [0.29, 0.717) is 0 Å². The van der Waals surface area contributed by atoms with Crippen molar-refractivity contribution in [3.8, 4) is 0 Å². The average Bonchev–Trinajstić information content (AvgIpc) is 2.03. The molecule has 0 radical (unpaired) electrons. The van der Waals surface area contributed by atoms with Crippen LogP contribution in [0.5, 0.6) is 0 Å². The van der Waals surface area contributed by atoms with Crippen molar-refractivity contribution in [1.82, 2.24) is 0 Å². The van der Waals surface area contributed by atoms with Crippen molar-refractivity contribution in [3.63, 3.8) is 0 Å². The first-order valence-corrected chi connectivity index (χ1v) is 8.36. The molecule has 0 bridgehead atoms. The van der Waals surface area contributed by atoms with Gasteiger partial charge in [-0.2, -0.15) is 0 Å². The Morgan fingerprint density at radius 1 is 1.31 bits per heavy atom. The molecule has 9 heteroatoms.